The number of ether oxygens (including phenoxy) is 1. The van der Waals surface area contributed by atoms with Crippen molar-refractivity contribution in [3.05, 3.63) is 29.8 Å². The molecule has 1 aromatic carbocycles. The number of anilines is 1. The third-order valence-corrected chi connectivity index (χ3v) is 2.50. The van der Waals surface area contributed by atoms with Crippen LogP contribution in [0.1, 0.15) is 12.5 Å². The highest BCUT2D eigenvalue weighted by atomic mass is 16.5. The van der Waals surface area contributed by atoms with Crippen LogP contribution in [0.15, 0.2) is 24.3 Å². The minimum atomic E-state index is 0.0843. The van der Waals surface area contributed by atoms with Crippen LogP contribution in [0.5, 0.6) is 0 Å². The molecule has 0 aromatic heterocycles. The van der Waals surface area contributed by atoms with Crippen LogP contribution < -0.4 is 11.1 Å². The molecule has 0 amide bonds. The lowest BCUT2D eigenvalue weighted by Crippen LogP contribution is -2.31. The van der Waals surface area contributed by atoms with E-state index in [2.05, 4.69) is 24.4 Å². The fourth-order valence-electron chi connectivity index (χ4n) is 1.62. The largest absolute Gasteiger partial charge is 0.399 e. The molecule has 1 aromatic rings. The molecule has 0 fully saturated rings. The second kappa shape index (κ2) is 8.06. The van der Waals surface area contributed by atoms with E-state index in [1.54, 1.807) is 0 Å². The summed E-state index contributed by atoms with van der Waals surface area (Å²) in [7, 11) is 0. The van der Waals surface area contributed by atoms with E-state index in [-0.39, 0.29) is 6.61 Å². The monoisotopic (exact) mass is 238 g/mol. The molecule has 96 valence electrons. The molecule has 0 saturated heterocycles. The minimum Gasteiger partial charge on any atom is -0.399 e. The van der Waals surface area contributed by atoms with Crippen molar-refractivity contribution in [3.8, 4) is 0 Å². The summed E-state index contributed by atoms with van der Waals surface area (Å²) >= 11 is 0. The molecule has 4 nitrogen and oxygen atoms in total. The average molecular weight is 238 g/mol. The molecule has 0 spiro atoms. The van der Waals surface area contributed by atoms with Gasteiger partial charge in [-0.15, -0.1) is 0 Å². The molecule has 0 aliphatic carbocycles. The zero-order chi connectivity index (χ0) is 12.5. The predicted octanol–water partition coefficient (Wildman–Crippen LogP) is 0.798. The Kier molecular flexibility index (Phi) is 6.62. The Morgan fingerprint density at radius 2 is 2.00 bits per heavy atom. The number of aliphatic hydroxyl groups excluding tert-OH is 1. The van der Waals surface area contributed by atoms with E-state index >= 15 is 0 Å². The summed E-state index contributed by atoms with van der Waals surface area (Å²) in [5.41, 5.74) is 7.70. The SMILES string of the molecule is CC(Cc1ccc(N)cc1)NCCOCCO. The number of nitrogens with two attached hydrogens (primary N) is 1. The van der Waals surface area contributed by atoms with Gasteiger partial charge < -0.3 is 20.9 Å². The maximum atomic E-state index is 8.54. The van der Waals surface area contributed by atoms with Gasteiger partial charge in [0.25, 0.3) is 0 Å². The first-order valence-electron chi connectivity index (χ1n) is 5.99. The molecule has 4 N–H and O–H groups in total. The Bertz CT molecular complexity index is 301. The Morgan fingerprint density at radius 1 is 1.29 bits per heavy atom. The van der Waals surface area contributed by atoms with Gasteiger partial charge >= 0.3 is 0 Å². The molecule has 0 aliphatic heterocycles. The maximum Gasteiger partial charge on any atom is 0.0698 e. The molecule has 1 unspecified atom stereocenters. The molecule has 1 rings (SSSR count). The molecule has 0 bridgehead atoms. The molecule has 0 aliphatic rings. The van der Waals surface area contributed by atoms with E-state index in [0.717, 1.165) is 18.7 Å². The van der Waals surface area contributed by atoms with E-state index in [1.807, 2.05) is 12.1 Å². The van der Waals surface area contributed by atoms with Gasteiger partial charge in [0.15, 0.2) is 0 Å². The lowest BCUT2D eigenvalue weighted by atomic mass is 10.1. The topological polar surface area (TPSA) is 67.5 Å². The summed E-state index contributed by atoms with van der Waals surface area (Å²) < 4.78 is 5.17. The second-order valence-electron chi connectivity index (χ2n) is 4.14. The first kappa shape index (κ1) is 14.0. The normalized spacial score (nSPS) is 12.6. The number of hydrogen-bond donors (Lipinski definition) is 3. The van der Waals surface area contributed by atoms with E-state index in [4.69, 9.17) is 15.6 Å². The van der Waals surface area contributed by atoms with Gasteiger partial charge in [-0.05, 0) is 31.0 Å². The van der Waals surface area contributed by atoms with Gasteiger partial charge in [-0.2, -0.15) is 0 Å². The number of aliphatic hydroxyl groups is 1. The molecule has 0 saturated carbocycles. The fraction of sp³-hybridized carbons (Fsp3) is 0.538. The quantitative estimate of drug-likeness (QED) is 0.463. The van der Waals surface area contributed by atoms with Crippen LogP contribution in [-0.4, -0.2) is 37.5 Å². The summed E-state index contributed by atoms with van der Waals surface area (Å²) in [6.07, 6.45) is 0.972. The van der Waals surface area contributed by atoms with Crippen LogP contribution in [0.3, 0.4) is 0 Å². The third-order valence-electron chi connectivity index (χ3n) is 2.50. The summed E-state index contributed by atoms with van der Waals surface area (Å²) in [5.74, 6) is 0. The van der Waals surface area contributed by atoms with Crippen LogP contribution in [-0.2, 0) is 11.2 Å². The van der Waals surface area contributed by atoms with Gasteiger partial charge in [-0.1, -0.05) is 12.1 Å². The Balaban J connectivity index is 2.16. The van der Waals surface area contributed by atoms with Crippen molar-refractivity contribution in [2.45, 2.75) is 19.4 Å². The van der Waals surface area contributed by atoms with Gasteiger partial charge in [0.1, 0.15) is 0 Å². The van der Waals surface area contributed by atoms with Crippen LogP contribution in [0.25, 0.3) is 0 Å². The summed E-state index contributed by atoms with van der Waals surface area (Å²) in [6.45, 7) is 4.07. The van der Waals surface area contributed by atoms with Crippen LogP contribution in [0.2, 0.25) is 0 Å². The Labute approximate surface area is 103 Å². The molecular formula is C13H22N2O2. The second-order valence-corrected chi connectivity index (χ2v) is 4.14. The van der Waals surface area contributed by atoms with Crippen molar-refractivity contribution in [1.82, 2.24) is 5.32 Å². The molecule has 17 heavy (non-hydrogen) atoms. The molecular weight excluding hydrogens is 216 g/mol. The van der Waals surface area contributed by atoms with Crippen LogP contribution in [0, 0.1) is 0 Å². The third kappa shape index (κ3) is 6.26. The van der Waals surface area contributed by atoms with Crippen molar-refractivity contribution in [2.24, 2.45) is 0 Å². The lowest BCUT2D eigenvalue weighted by molar-refractivity contribution is 0.0928. The highest BCUT2D eigenvalue weighted by Gasteiger charge is 2.02. The summed E-state index contributed by atoms with van der Waals surface area (Å²) in [5, 5.41) is 11.9. The zero-order valence-corrected chi connectivity index (χ0v) is 10.4. The standard InChI is InChI=1S/C13H22N2O2/c1-11(15-6-8-17-9-7-16)10-12-2-4-13(14)5-3-12/h2-5,11,15-16H,6-10,14H2,1H3. The van der Waals surface area contributed by atoms with E-state index in [0.29, 0.717) is 19.3 Å². The average Bonchev–Trinajstić information content (AvgIpc) is 2.32. The first-order valence-corrected chi connectivity index (χ1v) is 5.99. The summed E-state index contributed by atoms with van der Waals surface area (Å²) in [4.78, 5) is 0. The van der Waals surface area contributed by atoms with Crippen molar-refractivity contribution >= 4 is 5.69 Å². The predicted molar refractivity (Wildman–Crippen MR) is 69.9 cm³/mol. The molecule has 0 radical (unpaired) electrons. The highest BCUT2D eigenvalue weighted by molar-refractivity contribution is 5.39. The molecule has 4 heteroatoms. The van der Waals surface area contributed by atoms with Gasteiger partial charge in [0, 0.05) is 18.3 Å². The Morgan fingerprint density at radius 3 is 2.65 bits per heavy atom. The fourth-order valence-corrected chi connectivity index (χ4v) is 1.62. The number of hydrogen-bond acceptors (Lipinski definition) is 4. The molecule has 1 atom stereocenters. The smallest absolute Gasteiger partial charge is 0.0698 e. The van der Waals surface area contributed by atoms with Gasteiger partial charge in [0.05, 0.1) is 19.8 Å². The van der Waals surface area contributed by atoms with Gasteiger partial charge in [0.2, 0.25) is 0 Å². The minimum absolute atomic E-state index is 0.0843. The van der Waals surface area contributed by atoms with Crippen molar-refractivity contribution < 1.29 is 9.84 Å². The maximum absolute atomic E-state index is 8.54. The first-order chi connectivity index (χ1) is 8.22. The number of rotatable bonds is 8. The lowest BCUT2D eigenvalue weighted by Gasteiger charge is -2.14. The van der Waals surface area contributed by atoms with Gasteiger partial charge in [-0.3, -0.25) is 0 Å². The zero-order valence-electron chi connectivity index (χ0n) is 10.4. The number of nitrogen functional groups attached to an aromatic ring is 1. The Hall–Kier alpha value is -1.10. The van der Waals surface area contributed by atoms with Gasteiger partial charge in [-0.25, -0.2) is 0 Å². The number of nitrogens with one attached hydrogen (secondary N) is 1. The molecule has 0 heterocycles. The van der Waals surface area contributed by atoms with Crippen LogP contribution in [0.4, 0.5) is 5.69 Å². The van der Waals surface area contributed by atoms with E-state index in [9.17, 15) is 0 Å². The van der Waals surface area contributed by atoms with Crippen molar-refractivity contribution in [1.29, 1.82) is 0 Å². The number of benzene rings is 1. The van der Waals surface area contributed by atoms with E-state index in [1.165, 1.54) is 5.56 Å². The van der Waals surface area contributed by atoms with Crippen molar-refractivity contribution in [3.63, 3.8) is 0 Å². The van der Waals surface area contributed by atoms with Crippen molar-refractivity contribution in [2.75, 3.05) is 32.1 Å². The van der Waals surface area contributed by atoms with E-state index < -0.39 is 0 Å². The highest BCUT2D eigenvalue weighted by Crippen LogP contribution is 2.07. The van der Waals surface area contributed by atoms with Crippen LogP contribution >= 0.6 is 0 Å². The summed E-state index contributed by atoms with van der Waals surface area (Å²) in [6, 6.07) is 8.35.